The number of cyclic esters (lactones) is 1. The molecule has 5 rings (SSSR count). The smallest absolute Gasteiger partial charge is 0.416 e. The van der Waals surface area contributed by atoms with Gasteiger partial charge in [-0.1, -0.05) is 38.1 Å². The van der Waals surface area contributed by atoms with Crippen molar-refractivity contribution in [2.45, 2.75) is 57.7 Å². The molecular formula is C33H28F7NO3. The predicted octanol–water partition coefficient (Wildman–Crippen LogP) is 9.90. The number of alkyl halides is 6. The second kappa shape index (κ2) is 11.3. The Hall–Kier alpha value is -4.28. The van der Waals surface area contributed by atoms with E-state index in [-0.39, 0.29) is 24.3 Å². The number of amides is 1. The first kappa shape index (κ1) is 31.2. The summed E-state index contributed by atoms with van der Waals surface area (Å²) < 4.78 is 107. The van der Waals surface area contributed by atoms with E-state index in [0.29, 0.717) is 34.4 Å². The third kappa shape index (κ3) is 5.92. The minimum Gasteiger partial charge on any atom is -0.496 e. The summed E-state index contributed by atoms with van der Waals surface area (Å²) in [7, 11) is 1.41. The highest BCUT2D eigenvalue weighted by Crippen LogP contribution is 2.43. The zero-order chi connectivity index (χ0) is 32.1. The molecule has 0 saturated carbocycles. The van der Waals surface area contributed by atoms with E-state index in [9.17, 15) is 35.5 Å². The van der Waals surface area contributed by atoms with Crippen molar-refractivity contribution < 1.29 is 45.0 Å². The third-order valence-electron chi connectivity index (χ3n) is 7.87. The molecule has 0 unspecified atom stereocenters. The summed E-state index contributed by atoms with van der Waals surface area (Å²) in [6, 6.07) is 14.4. The van der Waals surface area contributed by atoms with Crippen molar-refractivity contribution in [3.05, 3.63) is 100 Å². The van der Waals surface area contributed by atoms with Crippen LogP contribution in [0.15, 0.2) is 66.7 Å². The first-order valence-corrected chi connectivity index (χ1v) is 13.7. The molecule has 4 nitrogen and oxygen atoms in total. The van der Waals surface area contributed by atoms with Gasteiger partial charge in [-0.05, 0) is 82.3 Å². The number of halogens is 7. The minimum atomic E-state index is -5.05. The molecule has 4 aromatic carbocycles. The molecule has 232 valence electrons. The maximum absolute atomic E-state index is 14.9. The first-order chi connectivity index (χ1) is 20.6. The molecule has 11 heteroatoms. The number of nitrogens with zero attached hydrogens (tertiary/aromatic N) is 1. The summed E-state index contributed by atoms with van der Waals surface area (Å²) in [6.07, 6.45) is -12.4. The Balaban J connectivity index is 1.60. The lowest BCUT2D eigenvalue weighted by Gasteiger charge is -2.24. The average Bonchev–Trinajstić information content (AvgIpc) is 3.23. The quantitative estimate of drug-likeness (QED) is 0.202. The monoisotopic (exact) mass is 619 g/mol. The lowest BCUT2D eigenvalue weighted by molar-refractivity contribution is -0.143. The molecule has 2 atom stereocenters. The van der Waals surface area contributed by atoms with E-state index in [2.05, 4.69) is 0 Å². The van der Waals surface area contributed by atoms with Crippen LogP contribution in [0.25, 0.3) is 21.9 Å². The highest BCUT2D eigenvalue weighted by atomic mass is 19.4. The van der Waals surface area contributed by atoms with E-state index < -0.39 is 53.1 Å². The number of ether oxygens (including phenoxy) is 2. The summed E-state index contributed by atoms with van der Waals surface area (Å²) in [6.45, 7) is 5.09. The van der Waals surface area contributed by atoms with E-state index in [1.165, 1.54) is 25.0 Å². The van der Waals surface area contributed by atoms with Gasteiger partial charge in [-0.3, -0.25) is 4.90 Å². The molecular weight excluding hydrogens is 591 g/mol. The van der Waals surface area contributed by atoms with Crippen LogP contribution in [-0.4, -0.2) is 24.1 Å². The first-order valence-electron chi connectivity index (χ1n) is 13.7. The van der Waals surface area contributed by atoms with Crippen LogP contribution in [0.1, 0.15) is 60.6 Å². The van der Waals surface area contributed by atoms with Crippen LogP contribution in [0.2, 0.25) is 0 Å². The fourth-order valence-corrected chi connectivity index (χ4v) is 5.55. The Kier molecular flexibility index (Phi) is 8.02. The second-order valence-corrected chi connectivity index (χ2v) is 11.1. The summed E-state index contributed by atoms with van der Waals surface area (Å²) in [5.41, 5.74) is -1.20. The van der Waals surface area contributed by atoms with Gasteiger partial charge < -0.3 is 9.47 Å². The maximum atomic E-state index is 14.9. The number of rotatable bonds is 6. The van der Waals surface area contributed by atoms with Crippen molar-refractivity contribution in [3.8, 4) is 16.9 Å². The van der Waals surface area contributed by atoms with Crippen molar-refractivity contribution in [1.82, 2.24) is 4.90 Å². The molecule has 0 aliphatic carbocycles. The van der Waals surface area contributed by atoms with Crippen molar-refractivity contribution in [3.63, 3.8) is 0 Å². The van der Waals surface area contributed by atoms with Gasteiger partial charge in [0.25, 0.3) is 0 Å². The predicted molar refractivity (Wildman–Crippen MR) is 151 cm³/mol. The van der Waals surface area contributed by atoms with Gasteiger partial charge in [0.1, 0.15) is 17.7 Å². The van der Waals surface area contributed by atoms with Crippen molar-refractivity contribution in [2.24, 2.45) is 0 Å². The lowest BCUT2D eigenvalue weighted by atomic mass is 9.91. The number of methoxy groups -OCH3 is 1. The summed E-state index contributed by atoms with van der Waals surface area (Å²) in [4.78, 5) is 14.4. The normalized spacial score (nSPS) is 17.5. The van der Waals surface area contributed by atoms with Crippen LogP contribution < -0.4 is 4.74 Å². The molecule has 1 saturated heterocycles. The molecule has 0 N–H and O–H groups in total. The van der Waals surface area contributed by atoms with Gasteiger partial charge in [0, 0.05) is 11.6 Å². The van der Waals surface area contributed by atoms with Gasteiger partial charge in [0.2, 0.25) is 0 Å². The van der Waals surface area contributed by atoms with Gasteiger partial charge in [0.15, 0.2) is 0 Å². The van der Waals surface area contributed by atoms with Crippen molar-refractivity contribution in [1.29, 1.82) is 0 Å². The fraction of sp³-hybridized carbons (Fsp3) is 0.303. The molecule has 1 aliphatic heterocycles. The van der Waals surface area contributed by atoms with Gasteiger partial charge in [-0.25, -0.2) is 9.18 Å². The van der Waals surface area contributed by atoms with Crippen molar-refractivity contribution in [2.75, 3.05) is 7.11 Å². The molecule has 1 amide bonds. The Morgan fingerprint density at radius 1 is 0.864 bits per heavy atom. The molecule has 4 aromatic rings. The fourth-order valence-electron chi connectivity index (χ4n) is 5.55. The van der Waals surface area contributed by atoms with Crippen LogP contribution in [-0.2, 0) is 23.6 Å². The Labute approximate surface area is 249 Å². The van der Waals surface area contributed by atoms with Crippen LogP contribution in [0, 0.1) is 5.82 Å². The van der Waals surface area contributed by atoms with Crippen LogP contribution in [0.5, 0.6) is 5.75 Å². The van der Waals surface area contributed by atoms with E-state index in [1.54, 1.807) is 6.07 Å². The zero-order valence-corrected chi connectivity index (χ0v) is 24.1. The zero-order valence-electron chi connectivity index (χ0n) is 24.1. The van der Waals surface area contributed by atoms with E-state index in [4.69, 9.17) is 9.47 Å². The van der Waals surface area contributed by atoms with E-state index >= 15 is 0 Å². The SMILES string of the molecule is COc1cc(F)c(C(C)C)cc1-c1cc2ccccc2cc1CN1C(=O)O[C@H](c2cc(C(F)(F)F)cc(C(F)(F)F)c2)[C@@H]1C. The number of hydrogen-bond donors (Lipinski definition) is 0. The minimum absolute atomic E-state index is 0.0333. The highest BCUT2D eigenvalue weighted by Gasteiger charge is 2.43. The van der Waals surface area contributed by atoms with E-state index in [1.807, 2.05) is 50.2 Å². The molecule has 1 aliphatic rings. The van der Waals surface area contributed by atoms with Crippen LogP contribution in [0.4, 0.5) is 35.5 Å². The standard InChI is InChI=1S/C33H28F7NO3/c1-17(2)25-14-27(29(43-4)15-28(25)34)26-12-20-8-6-5-7-19(20)9-22(26)16-41-18(3)30(44-31(41)42)21-10-23(32(35,36)37)13-24(11-21)33(38,39)40/h5-15,17-18,30H,16H2,1-4H3/t18-,30-/m0/s1. The summed E-state index contributed by atoms with van der Waals surface area (Å²) in [5.74, 6) is -0.351. The third-order valence-corrected chi connectivity index (χ3v) is 7.87. The van der Waals surface area contributed by atoms with Gasteiger partial charge in [-0.15, -0.1) is 0 Å². The molecule has 0 bridgehead atoms. The largest absolute Gasteiger partial charge is 0.496 e. The van der Waals surface area contributed by atoms with Crippen LogP contribution in [0.3, 0.4) is 0 Å². The molecule has 1 fully saturated rings. The van der Waals surface area contributed by atoms with E-state index in [0.717, 1.165) is 10.8 Å². The average molecular weight is 620 g/mol. The van der Waals surface area contributed by atoms with Gasteiger partial charge >= 0.3 is 18.4 Å². The Morgan fingerprint density at radius 3 is 2.00 bits per heavy atom. The maximum Gasteiger partial charge on any atom is 0.416 e. The topological polar surface area (TPSA) is 38.8 Å². The Bertz CT molecular complexity index is 1700. The number of benzene rings is 4. The molecule has 44 heavy (non-hydrogen) atoms. The Morgan fingerprint density at radius 2 is 1.45 bits per heavy atom. The van der Waals surface area contributed by atoms with Gasteiger partial charge in [-0.2, -0.15) is 26.3 Å². The molecule has 0 spiro atoms. The summed E-state index contributed by atoms with van der Waals surface area (Å²) in [5, 5.41) is 1.67. The van der Waals surface area contributed by atoms with Gasteiger partial charge in [0.05, 0.1) is 30.8 Å². The number of carbonyl (C=O) groups is 1. The molecule has 0 radical (unpaired) electrons. The summed E-state index contributed by atoms with van der Waals surface area (Å²) >= 11 is 0. The lowest BCUT2D eigenvalue weighted by Crippen LogP contribution is -2.31. The molecule has 0 aromatic heterocycles. The number of fused-ring (bicyclic) bond motifs is 1. The number of hydrogen-bond acceptors (Lipinski definition) is 3. The number of carbonyl (C=O) groups excluding carboxylic acids is 1. The second-order valence-electron chi connectivity index (χ2n) is 11.1. The van der Waals surface area contributed by atoms with Crippen molar-refractivity contribution >= 4 is 16.9 Å². The molecule has 1 heterocycles. The van der Waals surface area contributed by atoms with Crippen LogP contribution >= 0.6 is 0 Å². The highest BCUT2D eigenvalue weighted by molar-refractivity contribution is 5.90.